The predicted molar refractivity (Wildman–Crippen MR) is 43.1 cm³/mol. The van der Waals surface area contributed by atoms with Gasteiger partial charge in [-0.1, -0.05) is 0 Å². The van der Waals surface area contributed by atoms with E-state index in [-0.39, 0.29) is 11.2 Å². The van der Waals surface area contributed by atoms with Crippen molar-refractivity contribution < 1.29 is 9.21 Å². The Morgan fingerprint density at radius 1 is 1.50 bits per heavy atom. The van der Waals surface area contributed by atoms with Crippen LogP contribution >= 0.6 is 0 Å². The lowest BCUT2D eigenvalue weighted by atomic mass is 10.3. The maximum absolute atomic E-state index is 11.0. The second-order valence-corrected chi connectivity index (χ2v) is 2.35. The number of carbonyl (C=O) groups is 1. The summed E-state index contributed by atoms with van der Waals surface area (Å²) >= 11 is 0. The van der Waals surface area contributed by atoms with Gasteiger partial charge in [0.05, 0.1) is 0 Å². The fourth-order valence-corrected chi connectivity index (χ4v) is 0.839. The largest absolute Gasteiger partial charge is 0.456 e. The van der Waals surface area contributed by atoms with Gasteiger partial charge in [0, 0.05) is 19.2 Å². The van der Waals surface area contributed by atoms with Gasteiger partial charge in [-0.25, -0.2) is 0 Å². The highest BCUT2D eigenvalue weighted by molar-refractivity contribution is 5.90. The zero-order valence-electron chi connectivity index (χ0n) is 6.88. The summed E-state index contributed by atoms with van der Waals surface area (Å²) in [6.07, 6.45) is 0. The molecule has 0 fully saturated rings. The molecule has 0 radical (unpaired) electrons. The van der Waals surface area contributed by atoms with Gasteiger partial charge in [0.2, 0.25) is 0 Å². The first-order valence-electron chi connectivity index (χ1n) is 3.47. The summed E-state index contributed by atoms with van der Waals surface area (Å²) < 4.78 is 5.00. The zero-order valence-corrected chi connectivity index (χ0v) is 6.88. The van der Waals surface area contributed by atoms with Crippen LogP contribution in [-0.2, 0) is 0 Å². The number of hydrogen-bond acceptors (Lipinski definition) is 3. The van der Waals surface area contributed by atoms with E-state index in [2.05, 4.69) is 5.32 Å². The molecule has 0 atom stereocenters. The van der Waals surface area contributed by atoms with E-state index in [0.717, 1.165) is 6.07 Å². The molecular weight excluding hydrogens is 158 g/mol. The molecule has 0 bridgehead atoms. The van der Waals surface area contributed by atoms with Gasteiger partial charge < -0.3 is 9.73 Å². The van der Waals surface area contributed by atoms with E-state index in [1.165, 1.54) is 13.1 Å². The van der Waals surface area contributed by atoms with Crippen LogP contribution in [0, 0.1) is 6.92 Å². The van der Waals surface area contributed by atoms with Crippen LogP contribution in [0.15, 0.2) is 21.3 Å². The Morgan fingerprint density at radius 2 is 2.17 bits per heavy atom. The highest BCUT2D eigenvalue weighted by atomic mass is 16.3. The van der Waals surface area contributed by atoms with E-state index < -0.39 is 5.91 Å². The summed E-state index contributed by atoms with van der Waals surface area (Å²) in [7, 11) is 1.48. The third-order valence-electron chi connectivity index (χ3n) is 1.34. The number of rotatable bonds is 1. The zero-order chi connectivity index (χ0) is 9.14. The fraction of sp³-hybridized carbons (Fsp3) is 0.250. The van der Waals surface area contributed by atoms with E-state index in [9.17, 15) is 9.59 Å². The van der Waals surface area contributed by atoms with Crippen molar-refractivity contribution in [3.05, 3.63) is 33.9 Å². The molecule has 0 unspecified atom stereocenters. The molecule has 0 aliphatic heterocycles. The van der Waals surface area contributed by atoms with Crippen LogP contribution in [0.2, 0.25) is 0 Å². The SMILES string of the molecule is CNC(=O)c1cc(=O)cc(C)o1. The minimum atomic E-state index is -0.393. The normalized spacial score (nSPS) is 9.50. The Bertz CT molecular complexity index is 354. The summed E-state index contributed by atoms with van der Waals surface area (Å²) in [5.74, 6) is 0.0828. The van der Waals surface area contributed by atoms with E-state index in [4.69, 9.17) is 4.42 Å². The number of amides is 1. The molecule has 0 aliphatic rings. The standard InChI is InChI=1S/C8H9NO3/c1-5-3-6(10)4-7(12-5)8(11)9-2/h3-4H,1-2H3,(H,9,11). The van der Waals surface area contributed by atoms with Crippen LogP contribution in [0.3, 0.4) is 0 Å². The topological polar surface area (TPSA) is 59.3 Å². The minimum absolute atomic E-state index is 0.0440. The Kier molecular flexibility index (Phi) is 2.28. The molecule has 12 heavy (non-hydrogen) atoms. The quantitative estimate of drug-likeness (QED) is 0.654. The molecule has 0 saturated carbocycles. The van der Waals surface area contributed by atoms with E-state index in [0.29, 0.717) is 5.76 Å². The second kappa shape index (κ2) is 3.21. The molecule has 1 amide bonds. The van der Waals surface area contributed by atoms with Crippen LogP contribution in [0.4, 0.5) is 0 Å². The lowest BCUT2D eigenvalue weighted by Crippen LogP contribution is -2.19. The van der Waals surface area contributed by atoms with E-state index >= 15 is 0 Å². The van der Waals surface area contributed by atoms with Gasteiger partial charge >= 0.3 is 0 Å². The van der Waals surface area contributed by atoms with Crippen molar-refractivity contribution in [1.82, 2.24) is 5.32 Å². The third kappa shape index (κ3) is 1.72. The maximum Gasteiger partial charge on any atom is 0.286 e. The van der Waals surface area contributed by atoms with Crippen LogP contribution < -0.4 is 10.7 Å². The molecular formula is C8H9NO3. The van der Waals surface area contributed by atoms with Gasteiger partial charge in [-0.15, -0.1) is 0 Å². The van der Waals surface area contributed by atoms with Crippen molar-refractivity contribution in [3.8, 4) is 0 Å². The molecule has 0 aromatic carbocycles. The molecule has 4 heteroatoms. The Labute approximate surface area is 69.2 Å². The number of carbonyl (C=O) groups excluding carboxylic acids is 1. The highest BCUT2D eigenvalue weighted by Gasteiger charge is 2.06. The molecule has 1 aromatic rings. The van der Waals surface area contributed by atoms with Gasteiger partial charge in [-0.05, 0) is 6.92 Å². The lowest BCUT2D eigenvalue weighted by molar-refractivity contribution is 0.0931. The van der Waals surface area contributed by atoms with Crippen molar-refractivity contribution in [1.29, 1.82) is 0 Å². The van der Waals surface area contributed by atoms with E-state index in [1.807, 2.05) is 0 Å². The van der Waals surface area contributed by atoms with Crippen LogP contribution in [0.5, 0.6) is 0 Å². The predicted octanol–water partition coefficient (Wildman–Crippen LogP) is 0.308. The van der Waals surface area contributed by atoms with Gasteiger partial charge in [0.25, 0.3) is 5.91 Å². The average molecular weight is 167 g/mol. The van der Waals surface area contributed by atoms with Crippen LogP contribution in [-0.4, -0.2) is 13.0 Å². The van der Waals surface area contributed by atoms with Gasteiger partial charge in [0.15, 0.2) is 11.2 Å². The van der Waals surface area contributed by atoms with Gasteiger partial charge in [0.1, 0.15) is 5.76 Å². The molecule has 1 rings (SSSR count). The molecule has 0 spiro atoms. The smallest absolute Gasteiger partial charge is 0.286 e. The second-order valence-electron chi connectivity index (χ2n) is 2.35. The summed E-state index contributed by atoms with van der Waals surface area (Å²) in [5.41, 5.74) is -0.225. The monoisotopic (exact) mass is 167 g/mol. The Hall–Kier alpha value is -1.58. The molecule has 4 nitrogen and oxygen atoms in total. The maximum atomic E-state index is 11.0. The highest BCUT2D eigenvalue weighted by Crippen LogP contribution is 1.98. The van der Waals surface area contributed by atoms with Crippen molar-refractivity contribution in [2.24, 2.45) is 0 Å². The van der Waals surface area contributed by atoms with Crippen LogP contribution in [0.25, 0.3) is 0 Å². The fourth-order valence-electron chi connectivity index (χ4n) is 0.839. The van der Waals surface area contributed by atoms with Crippen molar-refractivity contribution >= 4 is 5.91 Å². The van der Waals surface area contributed by atoms with Crippen molar-refractivity contribution in [3.63, 3.8) is 0 Å². The minimum Gasteiger partial charge on any atom is -0.456 e. The number of aryl methyl sites for hydroxylation is 1. The summed E-state index contributed by atoms with van der Waals surface area (Å²) in [6, 6.07) is 2.48. The summed E-state index contributed by atoms with van der Waals surface area (Å²) in [4.78, 5) is 21.9. The van der Waals surface area contributed by atoms with Crippen LogP contribution in [0.1, 0.15) is 16.3 Å². The lowest BCUT2D eigenvalue weighted by Gasteiger charge is -1.98. The first kappa shape index (κ1) is 8.52. The first-order chi connectivity index (χ1) is 5.63. The Morgan fingerprint density at radius 3 is 2.67 bits per heavy atom. The average Bonchev–Trinajstić information content (AvgIpc) is 2.01. The van der Waals surface area contributed by atoms with Gasteiger partial charge in [-0.3, -0.25) is 9.59 Å². The summed E-state index contributed by atoms with van der Waals surface area (Å²) in [5, 5.41) is 2.36. The Balaban J connectivity index is 3.17. The first-order valence-corrected chi connectivity index (χ1v) is 3.47. The molecule has 0 aliphatic carbocycles. The molecule has 1 aromatic heterocycles. The number of nitrogens with one attached hydrogen (secondary N) is 1. The molecule has 0 saturated heterocycles. The third-order valence-corrected chi connectivity index (χ3v) is 1.34. The molecule has 1 N–H and O–H groups in total. The number of hydrogen-bond donors (Lipinski definition) is 1. The summed E-state index contributed by atoms with van der Waals surface area (Å²) in [6.45, 7) is 1.62. The van der Waals surface area contributed by atoms with Crippen molar-refractivity contribution in [2.75, 3.05) is 7.05 Å². The van der Waals surface area contributed by atoms with Gasteiger partial charge in [-0.2, -0.15) is 0 Å². The van der Waals surface area contributed by atoms with E-state index in [1.54, 1.807) is 6.92 Å². The van der Waals surface area contributed by atoms with Crippen molar-refractivity contribution in [2.45, 2.75) is 6.92 Å². The molecule has 64 valence electrons. The molecule has 1 heterocycles.